The van der Waals surface area contributed by atoms with Gasteiger partial charge in [0.15, 0.2) is 5.96 Å². The molecule has 5 nitrogen and oxygen atoms in total. The highest BCUT2D eigenvalue weighted by Gasteiger charge is 2.09. The number of aliphatic imine (C=N–C) groups is 1. The largest absolute Gasteiger partial charge is 0.357 e. The van der Waals surface area contributed by atoms with Gasteiger partial charge in [0, 0.05) is 32.2 Å². The Morgan fingerprint density at radius 1 is 1.17 bits per heavy atom. The van der Waals surface area contributed by atoms with Gasteiger partial charge in [0.1, 0.15) is 0 Å². The molecule has 0 saturated carbocycles. The lowest BCUT2D eigenvalue weighted by atomic mass is 10.1. The molecule has 1 atom stereocenters. The van der Waals surface area contributed by atoms with Crippen LogP contribution in [0.5, 0.6) is 0 Å². The van der Waals surface area contributed by atoms with Gasteiger partial charge in [-0.1, -0.05) is 26.0 Å². The highest BCUT2D eigenvalue weighted by molar-refractivity contribution is 14.0. The molecule has 0 aromatic heterocycles. The number of hydrogen-bond donors (Lipinski definition) is 2. The van der Waals surface area contributed by atoms with E-state index in [-0.39, 0.29) is 29.9 Å². The van der Waals surface area contributed by atoms with E-state index in [2.05, 4.69) is 43.3 Å². The van der Waals surface area contributed by atoms with E-state index in [9.17, 15) is 4.79 Å². The highest BCUT2D eigenvalue weighted by atomic mass is 127. The van der Waals surface area contributed by atoms with Crippen LogP contribution < -0.4 is 10.6 Å². The van der Waals surface area contributed by atoms with Gasteiger partial charge in [0.05, 0.1) is 6.54 Å². The van der Waals surface area contributed by atoms with Crippen molar-refractivity contribution in [2.75, 3.05) is 20.6 Å². The maximum Gasteiger partial charge on any atom is 0.253 e. The van der Waals surface area contributed by atoms with Crippen molar-refractivity contribution >= 4 is 35.8 Å². The minimum absolute atomic E-state index is 0. The Balaban J connectivity index is 0.00000529. The average molecular weight is 446 g/mol. The van der Waals surface area contributed by atoms with Crippen molar-refractivity contribution in [1.82, 2.24) is 15.5 Å². The fourth-order valence-electron chi connectivity index (χ4n) is 1.88. The maximum absolute atomic E-state index is 11.9. The van der Waals surface area contributed by atoms with Gasteiger partial charge in [-0.2, -0.15) is 0 Å². The van der Waals surface area contributed by atoms with Crippen LogP contribution in [0.3, 0.4) is 0 Å². The summed E-state index contributed by atoms with van der Waals surface area (Å²) >= 11 is 0. The monoisotopic (exact) mass is 446 g/mol. The van der Waals surface area contributed by atoms with E-state index in [1.165, 1.54) is 0 Å². The van der Waals surface area contributed by atoms with E-state index in [0.29, 0.717) is 24.1 Å². The Hall–Kier alpha value is -1.31. The van der Waals surface area contributed by atoms with E-state index < -0.39 is 0 Å². The summed E-state index contributed by atoms with van der Waals surface area (Å²) < 4.78 is 0. The highest BCUT2D eigenvalue weighted by Crippen LogP contribution is 2.08. The molecule has 1 rings (SSSR count). The van der Waals surface area contributed by atoms with Crippen LogP contribution >= 0.6 is 24.0 Å². The standard InChI is InChI=1S/C18H30N4O.HI/c1-7-19-18(21-14(4)13(2)3)20-12-15-8-10-16(11-9-15)17(23)22(5)6;/h8-11,13-14H,7,12H2,1-6H3,(H2,19,20,21);1H. The number of halogens is 1. The van der Waals surface area contributed by atoms with Gasteiger partial charge in [-0.25, -0.2) is 4.99 Å². The predicted molar refractivity (Wildman–Crippen MR) is 112 cm³/mol. The first-order chi connectivity index (χ1) is 10.8. The molecule has 1 aromatic rings. The molecule has 0 aliphatic heterocycles. The first-order valence-corrected chi connectivity index (χ1v) is 8.20. The molecule has 0 fully saturated rings. The summed E-state index contributed by atoms with van der Waals surface area (Å²) in [6.07, 6.45) is 0. The molecule has 0 saturated heterocycles. The summed E-state index contributed by atoms with van der Waals surface area (Å²) in [7, 11) is 3.51. The van der Waals surface area contributed by atoms with Crippen molar-refractivity contribution in [3.8, 4) is 0 Å². The molecule has 24 heavy (non-hydrogen) atoms. The van der Waals surface area contributed by atoms with Crippen LogP contribution in [0, 0.1) is 5.92 Å². The van der Waals surface area contributed by atoms with E-state index >= 15 is 0 Å². The van der Waals surface area contributed by atoms with Crippen LogP contribution in [0.1, 0.15) is 43.6 Å². The normalized spacial score (nSPS) is 12.4. The zero-order valence-electron chi connectivity index (χ0n) is 15.6. The third-order valence-corrected chi connectivity index (χ3v) is 3.74. The van der Waals surface area contributed by atoms with Gasteiger partial charge < -0.3 is 15.5 Å². The molecule has 0 bridgehead atoms. The van der Waals surface area contributed by atoms with Crippen molar-refractivity contribution in [3.05, 3.63) is 35.4 Å². The average Bonchev–Trinajstić information content (AvgIpc) is 2.52. The van der Waals surface area contributed by atoms with Crippen molar-refractivity contribution in [3.63, 3.8) is 0 Å². The molecular weight excluding hydrogens is 415 g/mol. The Morgan fingerprint density at radius 2 is 1.75 bits per heavy atom. The first kappa shape index (κ1) is 22.7. The molecule has 0 spiro atoms. The summed E-state index contributed by atoms with van der Waals surface area (Å²) in [6, 6.07) is 7.97. The molecule has 1 aromatic carbocycles. The summed E-state index contributed by atoms with van der Waals surface area (Å²) in [5, 5.41) is 6.67. The van der Waals surface area contributed by atoms with E-state index in [0.717, 1.165) is 18.1 Å². The first-order valence-electron chi connectivity index (χ1n) is 8.20. The minimum atomic E-state index is 0. The third kappa shape index (κ3) is 7.51. The second kappa shape index (κ2) is 11.3. The van der Waals surface area contributed by atoms with Crippen molar-refractivity contribution in [2.45, 2.75) is 40.3 Å². The second-order valence-corrected chi connectivity index (χ2v) is 6.27. The number of nitrogens with zero attached hydrogens (tertiary/aromatic N) is 2. The number of guanidine groups is 1. The van der Waals surface area contributed by atoms with Gasteiger partial charge >= 0.3 is 0 Å². The van der Waals surface area contributed by atoms with Crippen molar-refractivity contribution in [1.29, 1.82) is 0 Å². The van der Waals surface area contributed by atoms with Gasteiger partial charge in [0.25, 0.3) is 5.91 Å². The van der Waals surface area contributed by atoms with Crippen LogP contribution in [0.2, 0.25) is 0 Å². The Labute approximate surface area is 163 Å². The Bertz CT molecular complexity index is 526. The van der Waals surface area contributed by atoms with E-state index in [1.54, 1.807) is 19.0 Å². The van der Waals surface area contributed by atoms with Gasteiger partial charge in [-0.3, -0.25) is 4.79 Å². The fourth-order valence-corrected chi connectivity index (χ4v) is 1.88. The molecule has 6 heteroatoms. The maximum atomic E-state index is 11.9. The van der Waals surface area contributed by atoms with Crippen LogP contribution in [0.4, 0.5) is 0 Å². The minimum Gasteiger partial charge on any atom is -0.357 e. The SMILES string of the molecule is CCNC(=NCc1ccc(C(=O)N(C)C)cc1)NC(C)C(C)C.I. The van der Waals surface area contributed by atoms with Crippen LogP contribution in [-0.4, -0.2) is 43.4 Å². The third-order valence-electron chi connectivity index (χ3n) is 3.74. The van der Waals surface area contributed by atoms with Gasteiger partial charge in [0.2, 0.25) is 0 Å². The van der Waals surface area contributed by atoms with Gasteiger partial charge in [-0.15, -0.1) is 24.0 Å². The summed E-state index contributed by atoms with van der Waals surface area (Å²) in [4.78, 5) is 18.1. The number of amides is 1. The zero-order chi connectivity index (χ0) is 17.4. The molecular formula is C18H31IN4O. The Morgan fingerprint density at radius 3 is 2.21 bits per heavy atom. The summed E-state index contributed by atoms with van der Waals surface area (Å²) in [5.41, 5.74) is 1.77. The number of carbonyl (C=O) groups is 1. The fraction of sp³-hybridized carbons (Fsp3) is 0.556. The van der Waals surface area contributed by atoms with E-state index in [1.807, 2.05) is 24.3 Å². The van der Waals surface area contributed by atoms with Crippen LogP contribution in [0.25, 0.3) is 0 Å². The molecule has 1 unspecified atom stereocenters. The molecule has 0 aliphatic rings. The molecule has 136 valence electrons. The number of nitrogens with one attached hydrogen (secondary N) is 2. The quantitative estimate of drug-likeness (QED) is 0.401. The van der Waals surface area contributed by atoms with Crippen molar-refractivity contribution < 1.29 is 4.79 Å². The van der Waals surface area contributed by atoms with E-state index in [4.69, 9.17) is 0 Å². The van der Waals surface area contributed by atoms with Crippen LogP contribution in [0.15, 0.2) is 29.3 Å². The molecule has 0 heterocycles. The summed E-state index contributed by atoms with van der Waals surface area (Å²) in [5.74, 6) is 1.37. The second-order valence-electron chi connectivity index (χ2n) is 6.27. The molecule has 1 amide bonds. The summed E-state index contributed by atoms with van der Waals surface area (Å²) in [6.45, 7) is 9.98. The lowest BCUT2D eigenvalue weighted by Gasteiger charge is -2.20. The lowest BCUT2D eigenvalue weighted by molar-refractivity contribution is 0.0827. The topological polar surface area (TPSA) is 56.7 Å². The number of rotatable bonds is 6. The zero-order valence-corrected chi connectivity index (χ0v) is 17.9. The van der Waals surface area contributed by atoms with Crippen LogP contribution in [-0.2, 0) is 6.54 Å². The molecule has 2 N–H and O–H groups in total. The Kier molecular flexibility index (Phi) is 10.7. The molecule has 0 aliphatic carbocycles. The lowest BCUT2D eigenvalue weighted by Crippen LogP contribution is -2.44. The molecule has 0 radical (unpaired) electrons. The number of hydrogen-bond acceptors (Lipinski definition) is 2. The smallest absolute Gasteiger partial charge is 0.253 e. The number of carbonyl (C=O) groups excluding carboxylic acids is 1. The van der Waals surface area contributed by atoms with Gasteiger partial charge in [-0.05, 0) is 37.5 Å². The predicted octanol–water partition coefficient (Wildman–Crippen LogP) is 3.11. The van der Waals surface area contributed by atoms with Crippen molar-refractivity contribution in [2.24, 2.45) is 10.9 Å². The number of benzene rings is 1.